The van der Waals surface area contributed by atoms with Gasteiger partial charge in [-0.05, 0) is 24.6 Å². The fraction of sp³-hybridized carbons (Fsp3) is 0.111. The highest BCUT2D eigenvalue weighted by Gasteiger charge is 2.09. The molecule has 0 aromatic carbocycles. The van der Waals surface area contributed by atoms with Crippen molar-refractivity contribution in [3.05, 3.63) is 35.7 Å². The number of aryl methyl sites for hydroxylation is 1. The summed E-state index contributed by atoms with van der Waals surface area (Å²) in [4.78, 5) is 10.7. The summed E-state index contributed by atoms with van der Waals surface area (Å²) in [7, 11) is 0. The number of carboxylic acids is 1. The molecule has 0 aliphatic heterocycles. The Balaban J connectivity index is 2.80. The first-order chi connectivity index (χ1) is 6.20. The Hall–Kier alpha value is -1.84. The summed E-state index contributed by atoms with van der Waals surface area (Å²) >= 11 is 0. The molecule has 2 aromatic rings. The van der Waals surface area contributed by atoms with Crippen molar-refractivity contribution in [3.8, 4) is 0 Å². The van der Waals surface area contributed by atoms with Gasteiger partial charge in [-0.25, -0.2) is 9.31 Å². The Morgan fingerprint density at radius 3 is 3.08 bits per heavy atom. The molecule has 4 heteroatoms. The molecule has 13 heavy (non-hydrogen) atoms. The number of nitrogens with zero attached hydrogens (tertiary/aromatic N) is 2. The van der Waals surface area contributed by atoms with E-state index in [1.165, 1.54) is 6.20 Å². The molecule has 0 spiro atoms. The molecule has 66 valence electrons. The smallest absolute Gasteiger partial charge is 0.337 e. The molecule has 0 atom stereocenters. The summed E-state index contributed by atoms with van der Waals surface area (Å²) < 4.78 is 1.65. The monoisotopic (exact) mass is 176 g/mol. The first kappa shape index (κ1) is 7.79. The normalized spacial score (nSPS) is 10.5. The minimum absolute atomic E-state index is 0.256. The number of aromatic nitrogens is 2. The highest BCUT2D eigenvalue weighted by Crippen LogP contribution is 2.13. The van der Waals surface area contributed by atoms with E-state index in [2.05, 4.69) is 5.10 Å². The largest absolute Gasteiger partial charge is 0.478 e. The number of carbonyl (C=O) groups is 1. The zero-order valence-electron chi connectivity index (χ0n) is 7.06. The summed E-state index contributed by atoms with van der Waals surface area (Å²) in [5, 5.41) is 12.8. The molecule has 4 nitrogen and oxygen atoms in total. The fourth-order valence-electron chi connectivity index (χ4n) is 1.34. The Labute approximate surface area is 74.4 Å². The molecule has 0 aliphatic carbocycles. The molecular weight excluding hydrogens is 168 g/mol. The predicted octanol–water partition coefficient (Wildman–Crippen LogP) is 1.34. The summed E-state index contributed by atoms with van der Waals surface area (Å²) in [6, 6.07) is 3.68. The number of hydrogen-bond donors (Lipinski definition) is 1. The van der Waals surface area contributed by atoms with E-state index >= 15 is 0 Å². The van der Waals surface area contributed by atoms with Crippen LogP contribution in [0.25, 0.3) is 5.52 Å². The van der Waals surface area contributed by atoms with Crippen LogP contribution in [0.1, 0.15) is 15.9 Å². The molecular formula is C9H8N2O2. The van der Waals surface area contributed by atoms with E-state index in [1.54, 1.807) is 17.6 Å². The van der Waals surface area contributed by atoms with Crippen molar-refractivity contribution in [2.75, 3.05) is 0 Å². The molecule has 0 aliphatic rings. The Morgan fingerprint density at radius 2 is 2.38 bits per heavy atom. The number of carboxylic acid groups (broad SMARTS) is 1. The van der Waals surface area contributed by atoms with Crippen LogP contribution >= 0.6 is 0 Å². The molecule has 2 heterocycles. The number of hydrogen-bond acceptors (Lipinski definition) is 2. The predicted molar refractivity (Wildman–Crippen MR) is 46.9 cm³/mol. The third kappa shape index (κ3) is 1.07. The van der Waals surface area contributed by atoms with Crippen LogP contribution in [-0.4, -0.2) is 20.7 Å². The number of aromatic carboxylic acids is 1. The average Bonchev–Trinajstić information content (AvgIpc) is 2.52. The van der Waals surface area contributed by atoms with Crippen molar-refractivity contribution >= 4 is 11.5 Å². The zero-order chi connectivity index (χ0) is 9.42. The Morgan fingerprint density at radius 1 is 1.62 bits per heavy atom. The SMILES string of the molecule is Cc1c(C(=O)O)cnn2cccc12. The maximum absolute atomic E-state index is 10.7. The lowest BCUT2D eigenvalue weighted by atomic mass is 10.1. The van der Waals surface area contributed by atoms with E-state index < -0.39 is 5.97 Å². The van der Waals surface area contributed by atoms with Crippen LogP contribution in [0.4, 0.5) is 0 Å². The second-order valence-corrected chi connectivity index (χ2v) is 2.83. The first-order valence-corrected chi connectivity index (χ1v) is 3.86. The van der Waals surface area contributed by atoms with Crippen LogP contribution in [0.15, 0.2) is 24.5 Å². The third-order valence-electron chi connectivity index (χ3n) is 2.06. The molecule has 2 rings (SSSR count). The lowest BCUT2D eigenvalue weighted by Crippen LogP contribution is -2.03. The minimum atomic E-state index is -0.936. The summed E-state index contributed by atoms with van der Waals surface area (Å²) in [6.07, 6.45) is 3.15. The van der Waals surface area contributed by atoms with Crippen molar-refractivity contribution in [2.45, 2.75) is 6.92 Å². The van der Waals surface area contributed by atoms with Gasteiger partial charge in [-0.3, -0.25) is 0 Å². The van der Waals surface area contributed by atoms with Gasteiger partial charge in [0, 0.05) is 6.20 Å². The van der Waals surface area contributed by atoms with Crippen LogP contribution in [0.3, 0.4) is 0 Å². The third-order valence-corrected chi connectivity index (χ3v) is 2.06. The van der Waals surface area contributed by atoms with E-state index in [4.69, 9.17) is 5.11 Å². The number of rotatable bonds is 1. The van der Waals surface area contributed by atoms with Gasteiger partial charge in [-0.15, -0.1) is 0 Å². The van der Waals surface area contributed by atoms with Gasteiger partial charge in [0.05, 0.1) is 17.3 Å². The first-order valence-electron chi connectivity index (χ1n) is 3.86. The molecule has 0 saturated carbocycles. The molecule has 0 radical (unpaired) electrons. The van der Waals surface area contributed by atoms with Crippen LogP contribution in [0.2, 0.25) is 0 Å². The van der Waals surface area contributed by atoms with Gasteiger partial charge < -0.3 is 5.11 Å². The van der Waals surface area contributed by atoms with Crippen molar-refractivity contribution in [1.29, 1.82) is 0 Å². The molecule has 0 fully saturated rings. The minimum Gasteiger partial charge on any atom is -0.478 e. The summed E-state index contributed by atoms with van der Waals surface area (Å²) in [5.74, 6) is -0.936. The van der Waals surface area contributed by atoms with Gasteiger partial charge >= 0.3 is 5.97 Å². The van der Waals surface area contributed by atoms with Crippen molar-refractivity contribution in [3.63, 3.8) is 0 Å². The van der Waals surface area contributed by atoms with E-state index in [1.807, 2.05) is 12.1 Å². The second kappa shape index (κ2) is 2.58. The molecule has 0 saturated heterocycles. The zero-order valence-corrected chi connectivity index (χ0v) is 7.06. The Bertz CT molecular complexity index is 473. The van der Waals surface area contributed by atoms with Gasteiger partial charge in [0.15, 0.2) is 0 Å². The quantitative estimate of drug-likeness (QED) is 0.713. The van der Waals surface area contributed by atoms with Gasteiger partial charge in [-0.1, -0.05) is 0 Å². The van der Waals surface area contributed by atoms with Gasteiger partial charge in [0.2, 0.25) is 0 Å². The van der Waals surface area contributed by atoms with E-state index in [0.29, 0.717) is 0 Å². The van der Waals surface area contributed by atoms with Crippen LogP contribution in [-0.2, 0) is 0 Å². The van der Waals surface area contributed by atoms with Crippen LogP contribution in [0.5, 0.6) is 0 Å². The molecule has 0 unspecified atom stereocenters. The molecule has 0 amide bonds. The molecule has 0 bridgehead atoms. The summed E-state index contributed by atoms with van der Waals surface area (Å²) in [5.41, 5.74) is 1.83. The van der Waals surface area contributed by atoms with Crippen LogP contribution in [0, 0.1) is 6.92 Å². The average molecular weight is 176 g/mol. The van der Waals surface area contributed by atoms with Gasteiger partial charge in [0.1, 0.15) is 0 Å². The van der Waals surface area contributed by atoms with Gasteiger partial charge in [-0.2, -0.15) is 5.10 Å². The van der Waals surface area contributed by atoms with E-state index in [0.717, 1.165) is 11.1 Å². The fourth-order valence-corrected chi connectivity index (χ4v) is 1.34. The topological polar surface area (TPSA) is 54.6 Å². The van der Waals surface area contributed by atoms with Crippen molar-refractivity contribution in [1.82, 2.24) is 9.61 Å². The van der Waals surface area contributed by atoms with E-state index in [9.17, 15) is 4.79 Å². The summed E-state index contributed by atoms with van der Waals surface area (Å²) in [6.45, 7) is 1.78. The van der Waals surface area contributed by atoms with E-state index in [-0.39, 0.29) is 5.56 Å². The standard InChI is InChI=1S/C9H8N2O2/c1-6-7(9(12)13)5-10-11-4-2-3-8(6)11/h2-5H,1H3,(H,12,13). The highest BCUT2D eigenvalue weighted by atomic mass is 16.4. The van der Waals surface area contributed by atoms with Crippen LogP contribution < -0.4 is 0 Å². The molecule has 1 N–H and O–H groups in total. The maximum Gasteiger partial charge on any atom is 0.337 e. The molecule has 2 aromatic heterocycles. The number of fused-ring (bicyclic) bond motifs is 1. The second-order valence-electron chi connectivity index (χ2n) is 2.83. The van der Waals surface area contributed by atoms with Crippen molar-refractivity contribution < 1.29 is 9.90 Å². The highest BCUT2D eigenvalue weighted by molar-refractivity contribution is 5.91. The van der Waals surface area contributed by atoms with Gasteiger partial charge in [0.25, 0.3) is 0 Å². The maximum atomic E-state index is 10.7. The Kier molecular flexibility index (Phi) is 1.55. The van der Waals surface area contributed by atoms with Crippen molar-refractivity contribution in [2.24, 2.45) is 0 Å². The lowest BCUT2D eigenvalue weighted by Gasteiger charge is -2.01. The lowest BCUT2D eigenvalue weighted by molar-refractivity contribution is 0.0695.